The van der Waals surface area contributed by atoms with Crippen molar-refractivity contribution >= 4 is 11.8 Å². The lowest BCUT2D eigenvalue weighted by molar-refractivity contribution is 0.410. The van der Waals surface area contributed by atoms with Gasteiger partial charge in [0.2, 0.25) is 0 Å². The van der Waals surface area contributed by atoms with E-state index < -0.39 is 0 Å². The van der Waals surface area contributed by atoms with Gasteiger partial charge >= 0.3 is 0 Å². The average Bonchev–Trinajstić information content (AvgIpc) is 1.78. The Morgan fingerprint density at radius 1 is 1.18 bits per heavy atom. The van der Waals surface area contributed by atoms with Gasteiger partial charge in [-0.3, -0.25) is 0 Å². The van der Waals surface area contributed by atoms with Crippen LogP contribution in [0, 0.1) is 0 Å². The Morgan fingerprint density at radius 3 is 2.09 bits per heavy atom. The third-order valence-corrected chi connectivity index (χ3v) is 2.64. The van der Waals surface area contributed by atoms with E-state index in [1.54, 1.807) is 0 Å². The van der Waals surface area contributed by atoms with E-state index in [2.05, 4.69) is 39.8 Å². The van der Waals surface area contributed by atoms with Gasteiger partial charge in [-0.1, -0.05) is 20.8 Å². The van der Waals surface area contributed by atoms with Crippen molar-refractivity contribution in [3.05, 3.63) is 0 Å². The minimum atomic E-state index is 0.437. The third kappa shape index (κ3) is 10.3. The first-order chi connectivity index (χ1) is 4.92. The van der Waals surface area contributed by atoms with E-state index >= 15 is 0 Å². The van der Waals surface area contributed by atoms with Gasteiger partial charge in [0, 0.05) is 4.75 Å². The maximum atomic E-state index is 2.27. The van der Waals surface area contributed by atoms with Crippen LogP contribution >= 0.6 is 11.8 Å². The topological polar surface area (TPSA) is 3.24 Å². The highest BCUT2D eigenvalue weighted by Gasteiger charge is 2.09. The predicted octanol–water partition coefficient (Wildman–Crippen LogP) is 2.47. The first kappa shape index (κ1) is 11.3. The summed E-state index contributed by atoms with van der Waals surface area (Å²) < 4.78 is 0.437. The van der Waals surface area contributed by atoms with Gasteiger partial charge in [-0.25, -0.2) is 0 Å². The molecule has 68 valence electrons. The molecule has 1 nitrogen and oxygen atoms in total. The molecule has 0 fully saturated rings. The molecule has 0 aromatic rings. The van der Waals surface area contributed by atoms with E-state index in [4.69, 9.17) is 0 Å². The number of nitrogens with zero attached hydrogens (tertiary/aromatic N) is 1. The molecule has 0 aliphatic carbocycles. The summed E-state index contributed by atoms with van der Waals surface area (Å²) in [6.45, 7) is 8.02. The number of rotatable bonds is 4. The molecule has 2 heteroatoms. The molecule has 0 N–H and O–H groups in total. The molecule has 0 aliphatic heterocycles. The Bertz CT molecular complexity index is 94.2. The second-order valence-electron chi connectivity index (χ2n) is 4.12. The minimum Gasteiger partial charge on any atom is -0.309 e. The Balaban J connectivity index is 3.15. The lowest BCUT2D eigenvalue weighted by Gasteiger charge is -2.18. The van der Waals surface area contributed by atoms with Crippen LogP contribution < -0.4 is 0 Å². The van der Waals surface area contributed by atoms with E-state index in [1.807, 2.05) is 11.8 Å². The van der Waals surface area contributed by atoms with Crippen molar-refractivity contribution in [1.82, 2.24) is 4.90 Å². The number of thioether (sulfide) groups is 1. The van der Waals surface area contributed by atoms with Crippen LogP contribution in [0.4, 0.5) is 0 Å². The second-order valence-corrected chi connectivity index (χ2v) is 6.04. The van der Waals surface area contributed by atoms with Crippen molar-refractivity contribution < 1.29 is 0 Å². The zero-order chi connectivity index (χ0) is 8.91. The molecule has 0 bridgehead atoms. The molecule has 11 heavy (non-hydrogen) atoms. The summed E-state index contributed by atoms with van der Waals surface area (Å²) in [5, 5.41) is 0. The monoisotopic (exact) mass is 175 g/mol. The third-order valence-electron chi connectivity index (χ3n) is 1.28. The molecule has 0 spiro atoms. The quantitative estimate of drug-likeness (QED) is 0.604. The molecule has 0 radical (unpaired) electrons. The molecule has 0 atom stereocenters. The molecular formula is C9H21NS. The van der Waals surface area contributed by atoms with Gasteiger partial charge in [0.25, 0.3) is 0 Å². The minimum absolute atomic E-state index is 0.437. The molecule has 0 amide bonds. The number of hydrogen-bond donors (Lipinski definition) is 0. The van der Waals surface area contributed by atoms with Crippen LogP contribution in [0.5, 0.6) is 0 Å². The number of hydrogen-bond acceptors (Lipinski definition) is 2. The molecule has 0 unspecified atom stereocenters. The lowest BCUT2D eigenvalue weighted by atomic mass is 10.3. The molecular weight excluding hydrogens is 154 g/mol. The van der Waals surface area contributed by atoms with Crippen molar-refractivity contribution in [2.24, 2.45) is 0 Å². The summed E-state index contributed by atoms with van der Waals surface area (Å²) in [5.74, 6) is 1.28. The van der Waals surface area contributed by atoms with E-state index in [0.29, 0.717) is 4.75 Å². The van der Waals surface area contributed by atoms with Crippen LogP contribution in [0.25, 0.3) is 0 Å². The van der Waals surface area contributed by atoms with E-state index in [0.717, 1.165) is 0 Å². The van der Waals surface area contributed by atoms with Crippen LogP contribution in [0.1, 0.15) is 27.2 Å². The van der Waals surface area contributed by atoms with Gasteiger partial charge in [-0.2, -0.15) is 11.8 Å². The normalized spacial score (nSPS) is 12.5. The fraction of sp³-hybridized carbons (Fsp3) is 1.00. The fourth-order valence-corrected chi connectivity index (χ4v) is 1.64. The standard InChI is InChI=1S/C9H21NS/c1-9(2,3)11-8-6-7-10(4)5/h6-8H2,1-5H3. The first-order valence-corrected chi connectivity index (χ1v) is 5.19. The molecule has 0 heterocycles. The fourth-order valence-electron chi connectivity index (χ4n) is 0.759. The molecule has 0 aromatic heterocycles. The van der Waals surface area contributed by atoms with Crippen LogP contribution in [0.3, 0.4) is 0 Å². The van der Waals surface area contributed by atoms with Gasteiger partial charge in [0.05, 0.1) is 0 Å². The van der Waals surface area contributed by atoms with Crippen molar-refractivity contribution in [3.8, 4) is 0 Å². The van der Waals surface area contributed by atoms with E-state index in [1.165, 1.54) is 18.7 Å². The van der Waals surface area contributed by atoms with E-state index in [9.17, 15) is 0 Å². The molecule has 0 rings (SSSR count). The molecule has 0 saturated carbocycles. The van der Waals surface area contributed by atoms with Crippen molar-refractivity contribution in [2.75, 3.05) is 26.4 Å². The summed E-state index contributed by atoms with van der Waals surface area (Å²) in [4.78, 5) is 2.24. The maximum Gasteiger partial charge on any atom is 0.00751 e. The maximum absolute atomic E-state index is 2.27. The lowest BCUT2D eigenvalue weighted by Crippen LogP contribution is -2.15. The largest absolute Gasteiger partial charge is 0.309 e. The summed E-state index contributed by atoms with van der Waals surface area (Å²) in [5.41, 5.74) is 0. The SMILES string of the molecule is CN(C)CCCSC(C)(C)C. The Morgan fingerprint density at radius 2 is 1.73 bits per heavy atom. The average molecular weight is 175 g/mol. The van der Waals surface area contributed by atoms with Crippen molar-refractivity contribution in [1.29, 1.82) is 0 Å². The second kappa shape index (κ2) is 5.04. The highest BCUT2D eigenvalue weighted by Crippen LogP contribution is 2.23. The summed E-state index contributed by atoms with van der Waals surface area (Å²) in [6.07, 6.45) is 1.30. The van der Waals surface area contributed by atoms with Gasteiger partial charge in [0.15, 0.2) is 0 Å². The Hall–Kier alpha value is 0.310. The first-order valence-electron chi connectivity index (χ1n) is 4.20. The van der Waals surface area contributed by atoms with Crippen LogP contribution in [-0.4, -0.2) is 36.0 Å². The molecule has 0 aliphatic rings. The Kier molecular flexibility index (Phi) is 5.19. The highest BCUT2D eigenvalue weighted by atomic mass is 32.2. The molecule has 0 aromatic carbocycles. The Labute approximate surface area is 75.5 Å². The molecule has 0 saturated heterocycles. The van der Waals surface area contributed by atoms with Gasteiger partial charge < -0.3 is 4.90 Å². The van der Waals surface area contributed by atoms with Gasteiger partial charge in [0.1, 0.15) is 0 Å². The zero-order valence-electron chi connectivity index (χ0n) is 8.48. The summed E-state index contributed by atoms with van der Waals surface area (Å²) in [7, 11) is 4.25. The van der Waals surface area contributed by atoms with Crippen LogP contribution in [0.15, 0.2) is 0 Å². The van der Waals surface area contributed by atoms with Crippen LogP contribution in [0.2, 0.25) is 0 Å². The van der Waals surface area contributed by atoms with Gasteiger partial charge in [-0.05, 0) is 32.8 Å². The van der Waals surface area contributed by atoms with Crippen LogP contribution in [-0.2, 0) is 0 Å². The smallest absolute Gasteiger partial charge is 0.00751 e. The van der Waals surface area contributed by atoms with Crippen molar-refractivity contribution in [2.45, 2.75) is 31.9 Å². The predicted molar refractivity (Wildman–Crippen MR) is 55.4 cm³/mol. The highest BCUT2D eigenvalue weighted by molar-refractivity contribution is 8.00. The van der Waals surface area contributed by atoms with Gasteiger partial charge in [-0.15, -0.1) is 0 Å². The van der Waals surface area contributed by atoms with E-state index in [-0.39, 0.29) is 0 Å². The summed E-state index contributed by atoms with van der Waals surface area (Å²) in [6, 6.07) is 0. The van der Waals surface area contributed by atoms with Crippen molar-refractivity contribution in [3.63, 3.8) is 0 Å². The summed E-state index contributed by atoms with van der Waals surface area (Å²) >= 11 is 2.05. The zero-order valence-corrected chi connectivity index (χ0v) is 9.29.